The van der Waals surface area contributed by atoms with Crippen molar-refractivity contribution < 1.29 is 37.1 Å². The highest BCUT2D eigenvalue weighted by molar-refractivity contribution is 7.89. The van der Waals surface area contributed by atoms with E-state index < -0.39 is 64.0 Å². The van der Waals surface area contributed by atoms with Crippen LogP contribution in [0.2, 0.25) is 0 Å². The van der Waals surface area contributed by atoms with Crippen LogP contribution in [0.25, 0.3) is 0 Å². The molecule has 4 amide bonds. The Balaban J connectivity index is 1.47. The van der Waals surface area contributed by atoms with Crippen LogP contribution in [0.4, 0.5) is 0 Å². The van der Waals surface area contributed by atoms with Gasteiger partial charge in [-0.3, -0.25) is 24.1 Å². The van der Waals surface area contributed by atoms with Crippen LogP contribution in [0.3, 0.4) is 0 Å². The molecule has 3 unspecified atom stereocenters. The van der Waals surface area contributed by atoms with Crippen molar-refractivity contribution >= 4 is 33.7 Å². The first-order chi connectivity index (χ1) is 26.4. The van der Waals surface area contributed by atoms with Crippen molar-refractivity contribution in [2.45, 2.75) is 134 Å². The van der Waals surface area contributed by atoms with Crippen molar-refractivity contribution in [2.24, 2.45) is 28.8 Å². The number of benzene rings is 1. The lowest BCUT2D eigenvalue weighted by Gasteiger charge is -2.41. The van der Waals surface area contributed by atoms with E-state index in [1.54, 1.807) is 30.9 Å². The van der Waals surface area contributed by atoms with E-state index in [1.165, 1.54) is 7.11 Å². The first-order valence-electron chi connectivity index (χ1n) is 20.4. The van der Waals surface area contributed by atoms with Gasteiger partial charge in [0.25, 0.3) is 0 Å². The molecule has 1 aromatic rings. The average molecular weight is 805 g/mol. The van der Waals surface area contributed by atoms with Gasteiger partial charge in [-0.15, -0.1) is 0 Å². The van der Waals surface area contributed by atoms with E-state index in [4.69, 9.17) is 14.6 Å². The Morgan fingerprint density at radius 1 is 1.00 bits per heavy atom. The average Bonchev–Trinajstić information content (AvgIpc) is 3.90. The van der Waals surface area contributed by atoms with Gasteiger partial charge in [-0.25, -0.2) is 13.6 Å². The fraction of sp³-hybridized carbons (Fsp3) is 0.756. The number of fused-ring (bicyclic) bond motifs is 2. The number of methoxy groups -OCH3 is 2. The minimum absolute atomic E-state index is 0.00120. The number of nitrogens with one attached hydrogen (secondary N) is 2. The topological polar surface area (TPSA) is 181 Å². The Morgan fingerprint density at radius 3 is 2.23 bits per heavy atom. The third-order valence-corrected chi connectivity index (χ3v) is 13.6. The Morgan fingerprint density at radius 2 is 1.68 bits per heavy atom. The predicted octanol–water partition coefficient (Wildman–Crippen LogP) is 2.55. The zero-order valence-corrected chi connectivity index (χ0v) is 35.8. The van der Waals surface area contributed by atoms with Gasteiger partial charge in [0.1, 0.15) is 6.04 Å². The van der Waals surface area contributed by atoms with E-state index in [-0.39, 0.29) is 48.4 Å². The van der Waals surface area contributed by atoms with Gasteiger partial charge in [0.2, 0.25) is 33.7 Å². The number of amides is 4. The molecule has 11 atom stereocenters. The lowest BCUT2D eigenvalue weighted by molar-refractivity contribution is -0.148. The molecule has 0 aromatic heterocycles. The summed E-state index contributed by atoms with van der Waals surface area (Å²) in [5, 5.41) is 11.4. The lowest BCUT2D eigenvalue weighted by atomic mass is 9.89. The third-order valence-electron chi connectivity index (χ3n) is 12.8. The summed E-state index contributed by atoms with van der Waals surface area (Å²) in [7, 11) is 2.91. The molecule has 2 bridgehead atoms. The van der Waals surface area contributed by atoms with Crippen LogP contribution in [0.1, 0.15) is 85.1 Å². The number of nitrogens with two attached hydrogens (primary N) is 1. The predicted molar refractivity (Wildman–Crippen MR) is 216 cm³/mol. The number of nitrogens with zero attached hydrogens (tertiary/aromatic N) is 3. The Bertz CT molecular complexity index is 1590. The number of primary sulfonamides is 1. The zero-order chi connectivity index (χ0) is 41.5. The molecule has 316 valence electrons. The molecule has 2 saturated heterocycles. The van der Waals surface area contributed by atoms with Crippen LogP contribution in [-0.2, 0) is 45.1 Å². The second-order valence-corrected chi connectivity index (χ2v) is 18.5. The number of rotatable bonds is 20. The Labute approximate surface area is 335 Å². The monoisotopic (exact) mass is 804 g/mol. The molecular formula is C41H68N6O8S. The number of hydrogen-bond donors (Lipinski definition) is 3. The van der Waals surface area contributed by atoms with Gasteiger partial charge in [0, 0.05) is 39.9 Å². The molecule has 0 spiro atoms. The number of carbonyl (C=O) groups excluding carboxylic acids is 4. The Hall–Kier alpha value is -3.11. The molecule has 0 radical (unpaired) electrons. The zero-order valence-electron chi connectivity index (χ0n) is 35.0. The normalized spacial score (nSPS) is 24.9. The molecule has 3 fully saturated rings. The molecule has 1 saturated carbocycles. The lowest BCUT2D eigenvalue weighted by Crippen LogP contribution is -2.60. The molecule has 56 heavy (non-hydrogen) atoms. The van der Waals surface area contributed by atoms with Gasteiger partial charge in [-0.05, 0) is 68.9 Å². The molecule has 2 aliphatic heterocycles. The standard InChI is InChI=1S/C41H68N6O8S/c1-10-26(4)36(46(7)41(51)35(25(2)3)44-40(50)37-29-18-19-31(22-29)45(37)6)33(54-8)23-34(48)47-20-14-17-32(47)38(55-9)27(5)39(49)43-30(24-56(42,52)53)21-28-15-12-11-13-16-28/h11-13,15-16,25-27,29-33,35-38H,10,14,17-24H2,1-9H3,(H,43,49)(H,44,50)(H2,42,52,53)/t26-,27+,29-,30?,31+,32?,33+,35?,36-,37-,38+/m0/s1. The molecule has 3 aliphatic rings. The smallest absolute Gasteiger partial charge is 0.245 e. The summed E-state index contributed by atoms with van der Waals surface area (Å²) >= 11 is 0. The highest BCUT2D eigenvalue weighted by Crippen LogP contribution is 2.41. The van der Waals surface area contributed by atoms with Gasteiger partial charge in [-0.1, -0.05) is 71.4 Å². The van der Waals surface area contributed by atoms with E-state index in [0.717, 1.165) is 31.2 Å². The second kappa shape index (κ2) is 20.0. The van der Waals surface area contributed by atoms with E-state index in [1.807, 2.05) is 65.1 Å². The number of likely N-dealkylation sites (tertiary alicyclic amines) is 2. The Kier molecular flexibility index (Phi) is 16.3. The van der Waals surface area contributed by atoms with Crippen molar-refractivity contribution in [1.82, 2.24) is 25.3 Å². The summed E-state index contributed by atoms with van der Waals surface area (Å²) in [6.07, 6.45) is 4.16. The van der Waals surface area contributed by atoms with E-state index in [0.29, 0.717) is 31.3 Å². The summed E-state index contributed by atoms with van der Waals surface area (Å²) in [5.74, 6) is -1.95. The number of piperidine rings is 1. The SMILES string of the molecule is CC[C@H](C)[C@@H]([C@@H](CC(=O)N1CCCC1[C@H](OC)[C@@H](C)C(=O)NC(Cc1ccccc1)CS(N)(=O)=O)OC)N(C)C(=O)C(NC(=O)[C@@H]1[C@H]2CC[C@H](C2)N1C)C(C)C. The largest absolute Gasteiger partial charge is 0.379 e. The number of hydrogen-bond acceptors (Lipinski definition) is 9. The highest BCUT2D eigenvalue weighted by atomic mass is 32.2. The first-order valence-corrected chi connectivity index (χ1v) is 22.1. The summed E-state index contributed by atoms with van der Waals surface area (Å²) in [4.78, 5) is 61.5. The quantitative estimate of drug-likeness (QED) is 0.179. The molecule has 1 aromatic carbocycles. The van der Waals surface area contributed by atoms with Crippen LogP contribution in [0.15, 0.2) is 30.3 Å². The minimum atomic E-state index is -3.89. The van der Waals surface area contributed by atoms with Crippen molar-refractivity contribution in [3.05, 3.63) is 35.9 Å². The van der Waals surface area contributed by atoms with Crippen LogP contribution in [0.5, 0.6) is 0 Å². The molecule has 2 heterocycles. The molecular weight excluding hydrogens is 737 g/mol. The molecule has 1 aliphatic carbocycles. The molecule has 4 N–H and O–H groups in total. The van der Waals surface area contributed by atoms with E-state index in [9.17, 15) is 27.6 Å². The maximum Gasteiger partial charge on any atom is 0.245 e. The van der Waals surface area contributed by atoms with Crippen molar-refractivity contribution in [1.29, 1.82) is 0 Å². The van der Waals surface area contributed by atoms with Crippen molar-refractivity contribution in [3.8, 4) is 0 Å². The maximum atomic E-state index is 14.3. The maximum absolute atomic E-state index is 14.3. The third kappa shape index (κ3) is 11.1. The molecule has 4 rings (SSSR count). The fourth-order valence-corrected chi connectivity index (χ4v) is 10.3. The fourth-order valence-electron chi connectivity index (χ4n) is 9.55. The number of ether oxygens (including phenoxy) is 2. The summed E-state index contributed by atoms with van der Waals surface area (Å²) in [5.41, 5.74) is 0.855. The van der Waals surface area contributed by atoms with E-state index in [2.05, 4.69) is 15.5 Å². The van der Waals surface area contributed by atoms with Gasteiger partial charge in [0.15, 0.2) is 0 Å². The van der Waals surface area contributed by atoms with Crippen LogP contribution in [-0.4, -0.2) is 136 Å². The second-order valence-electron chi connectivity index (χ2n) is 16.9. The van der Waals surface area contributed by atoms with E-state index >= 15 is 0 Å². The van der Waals surface area contributed by atoms with Crippen molar-refractivity contribution in [2.75, 3.05) is 40.6 Å². The minimum Gasteiger partial charge on any atom is -0.379 e. The first kappa shape index (κ1) is 45.6. The molecule has 14 nitrogen and oxygen atoms in total. The van der Waals surface area contributed by atoms with Gasteiger partial charge >= 0.3 is 0 Å². The summed E-state index contributed by atoms with van der Waals surface area (Å²) in [6.45, 7) is 10.1. The van der Waals surface area contributed by atoms with Crippen LogP contribution < -0.4 is 15.8 Å². The number of likely N-dealkylation sites (N-methyl/N-ethyl adjacent to an activating group) is 2. The van der Waals surface area contributed by atoms with Gasteiger partial charge < -0.3 is 29.9 Å². The number of sulfonamides is 1. The summed E-state index contributed by atoms with van der Waals surface area (Å²) < 4.78 is 36.2. The highest BCUT2D eigenvalue weighted by Gasteiger charge is 2.49. The van der Waals surface area contributed by atoms with Crippen LogP contribution >= 0.6 is 0 Å². The molecule has 15 heteroatoms. The van der Waals surface area contributed by atoms with Crippen LogP contribution in [0, 0.1) is 23.7 Å². The van der Waals surface area contributed by atoms with Gasteiger partial charge in [-0.2, -0.15) is 0 Å². The van der Waals surface area contributed by atoms with Gasteiger partial charge in [0.05, 0.1) is 48.4 Å². The van der Waals surface area contributed by atoms with Crippen molar-refractivity contribution in [3.63, 3.8) is 0 Å². The number of carbonyl (C=O) groups is 4. The summed E-state index contributed by atoms with van der Waals surface area (Å²) in [6, 6.07) is 7.06.